The van der Waals surface area contributed by atoms with Crippen molar-refractivity contribution in [3.63, 3.8) is 0 Å². The summed E-state index contributed by atoms with van der Waals surface area (Å²) in [5, 5.41) is 11.6. The van der Waals surface area contributed by atoms with E-state index >= 15 is 0 Å². The van der Waals surface area contributed by atoms with Crippen LogP contribution in [0.4, 0.5) is 10.5 Å². The van der Waals surface area contributed by atoms with Crippen molar-refractivity contribution in [2.45, 2.75) is 174 Å². The summed E-state index contributed by atoms with van der Waals surface area (Å²) in [6, 6.07) is 3.82. The normalized spacial score (nSPS) is 19.2. The molecule has 2 aliphatic rings. The fourth-order valence-electron chi connectivity index (χ4n) is 9.32. The van der Waals surface area contributed by atoms with Gasteiger partial charge in [-0.15, -0.1) is 0 Å². The Balaban J connectivity index is 1.62. The Kier molecular flexibility index (Phi) is 21.9. The number of amides is 7. The number of nitrogens with zero attached hydrogens (tertiary/aromatic N) is 4. The molecule has 1 heterocycles. The highest BCUT2D eigenvalue weighted by Crippen LogP contribution is 2.37. The summed E-state index contributed by atoms with van der Waals surface area (Å²) in [6.45, 7) is 18.8. The van der Waals surface area contributed by atoms with E-state index in [1.807, 2.05) is 52.8 Å². The molecule has 2 fully saturated rings. The monoisotopic (exact) mass is 971 g/mol. The van der Waals surface area contributed by atoms with Gasteiger partial charge in [0.2, 0.25) is 35.4 Å². The molecule has 7 amide bonds. The minimum absolute atomic E-state index is 0.0127. The lowest BCUT2D eigenvalue weighted by Gasteiger charge is -2.46. The van der Waals surface area contributed by atoms with Gasteiger partial charge in [0.15, 0.2) is 0 Å². The molecule has 18 nitrogen and oxygen atoms in total. The van der Waals surface area contributed by atoms with E-state index in [2.05, 4.69) is 21.3 Å². The highest BCUT2D eigenvalue weighted by atomic mass is 16.6. The summed E-state index contributed by atoms with van der Waals surface area (Å²) in [5.41, 5.74) is 0.0113. The number of hydrogen-bond donors (Lipinski definition) is 4. The highest BCUT2D eigenvalue weighted by Gasteiger charge is 2.48. The fraction of sp³-hybridized carbons (Fsp3) is 0.745. The summed E-state index contributed by atoms with van der Waals surface area (Å²) >= 11 is 0. The second-order valence-corrected chi connectivity index (χ2v) is 20.8. The first-order valence-electron chi connectivity index (χ1n) is 24.8. The Bertz CT molecular complexity index is 1920. The summed E-state index contributed by atoms with van der Waals surface area (Å²) in [7, 11) is 10.1. The molecule has 1 aromatic rings. The topological polar surface area (TPSA) is 208 Å². The number of carbonyl (C=O) groups excluding carboxylic acids is 7. The first kappa shape index (κ1) is 58.5. The molecule has 1 aliphatic heterocycles. The van der Waals surface area contributed by atoms with E-state index in [1.165, 1.54) is 11.9 Å². The lowest BCUT2D eigenvalue weighted by molar-refractivity contribution is -0.149. The predicted octanol–water partition coefficient (Wildman–Crippen LogP) is 4.59. The molecule has 1 saturated heterocycles. The van der Waals surface area contributed by atoms with Gasteiger partial charge in [-0.3, -0.25) is 38.6 Å². The Morgan fingerprint density at radius 2 is 1.51 bits per heavy atom. The summed E-state index contributed by atoms with van der Waals surface area (Å²) in [6.07, 6.45) is 3.13. The lowest BCUT2D eigenvalue weighted by Crippen LogP contribution is -2.65. The van der Waals surface area contributed by atoms with Crippen LogP contribution in [0.25, 0.3) is 0 Å². The molecule has 0 aromatic heterocycles. The van der Waals surface area contributed by atoms with Gasteiger partial charge in [0.1, 0.15) is 23.7 Å². The van der Waals surface area contributed by atoms with Crippen LogP contribution >= 0.6 is 0 Å². The number of likely N-dealkylation sites (tertiary alicyclic amines) is 1. The summed E-state index contributed by atoms with van der Waals surface area (Å²) < 4.78 is 17.4. The summed E-state index contributed by atoms with van der Waals surface area (Å²) in [4.78, 5) is 101. The smallest absolute Gasteiger partial charge is 0.410 e. The average molecular weight is 971 g/mol. The van der Waals surface area contributed by atoms with Crippen LogP contribution < -0.4 is 21.3 Å². The third kappa shape index (κ3) is 15.3. The number of carbonyl (C=O) groups is 7. The number of methoxy groups -OCH3 is 2. The Hall–Kier alpha value is -4.81. The van der Waals surface area contributed by atoms with E-state index in [4.69, 9.17) is 14.2 Å². The van der Waals surface area contributed by atoms with Crippen LogP contribution in [0.5, 0.6) is 0 Å². The Morgan fingerprint density at radius 1 is 0.855 bits per heavy atom. The minimum atomic E-state index is -0.909. The maximum absolute atomic E-state index is 14.4. The van der Waals surface area contributed by atoms with Crippen LogP contribution in [0.3, 0.4) is 0 Å². The Morgan fingerprint density at radius 3 is 2.04 bits per heavy atom. The second kappa shape index (κ2) is 25.9. The number of hydrogen-bond acceptors (Lipinski definition) is 11. The zero-order valence-electron chi connectivity index (χ0n) is 44.5. The van der Waals surface area contributed by atoms with Gasteiger partial charge in [-0.1, -0.05) is 53.2 Å². The first-order valence-corrected chi connectivity index (χ1v) is 24.8. The van der Waals surface area contributed by atoms with Gasteiger partial charge in [0.25, 0.3) is 0 Å². The van der Waals surface area contributed by atoms with E-state index in [0.717, 1.165) is 37.7 Å². The number of nitrogens with one attached hydrogen (secondary N) is 4. The number of benzene rings is 1. The maximum Gasteiger partial charge on any atom is 0.410 e. The van der Waals surface area contributed by atoms with Crippen molar-refractivity contribution in [2.75, 3.05) is 60.8 Å². The minimum Gasteiger partial charge on any atom is -0.444 e. The van der Waals surface area contributed by atoms with Crippen molar-refractivity contribution in [1.29, 1.82) is 0 Å². The molecule has 1 aromatic carbocycles. The van der Waals surface area contributed by atoms with Crippen molar-refractivity contribution in [3.8, 4) is 0 Å². The molecule has 4 N–H and O–H groups in total. The maximum atomic E-state index is 14.4. The number of rotatable bonds is 24. The number of anilines is 1. The lowest BCUT2D eigenvalue weighted by atomic mass is 9.74. The van der Waals surface area contributed by atoms with E-state index in [-0.39, 0.29) is 47.9 Å². The number of likely N-dealkylation sites (N-methyl/N-ethyl adjacent to an activating group) is 3. The molecular formula is C51H86N8O10. The van der Waals surface area contributed by atoms with Gasteiger partial charge in [0.05, 0.1) is 42.2 Å². The first-order chi connectivity index (χ1) is 32.2. The molecular weight excluding hydrogens is 885 g/mol. The van der Waals surface area contributed by atoms with Gasteiger partial charge in [0, 0.05) is 47.1 Å². The molecule has 390 valence electrons. The van der Waals surface area contributed by atoms with Crippen LogP contribution in [0, 0.1) is 17.8 Å². The van der Waals surface area contributed by atoms with Crippen molar-refractivity contribution in [3.05, 3.63) is 29.8 Å². The van der Waals surface area contributed by atoms with Crippen molar-refractivity contribution in [1.82, 2.24) is 35.6 Å². The molecule has 0 bridgehead atoms. The molecule has 9 atom stereocenters. The third-order valence-electron chi connectivity index (χ3n) is 14.2. The summed E-state index contributed by atoms with van der Waals surface area (Å²) in [5.74, 6) is -2.53. The van der Waals surface area contributed by atoms with Crippen LogP contribution in [0.15, 0.2) is 24.3 Å². The molecule has 69 heavy (non-hydrogen) atoms. The molecule has 1 saturated carbocycles. The van der Waals surface area contributed by atoms with Crippen LogP contribution in [-0.2, 0) is 49.4 Å². The zero-order valence-corrected chi connectivity index (χ0v) is 44.5. The van der Waals surface area contributed by atoms with Gasteiger partial charge in [-0.2, -0.15) is 0 Å². The third-order valence-corrected chi connectivity index (χ3v) is 14.2. The van der Waals surface area contributed by atoms with E-state index < -0.39 is 71.3 Å². The van der Waals surface area contributed by atoms with Crippen LogP contribution in [0.2, 0.25) is 0 Å². The van der Waals surface area contributed by atoms with Crippen LogP contribution in [0.1, 0.15) is 120 Å². The molecule has 1 aliphatic carbocycles. The molecule has 3 rings (SSSR count). The Labute approximate surface area is 412 Å². The van der Waals surface area contributed by atoms with E-state index in [9.17, 15) is 33.6 Å². The standard InChI is InChI=1S/C51H86N8O10/c1-17-32(4)42(58(14)47(64)41(31(2)3)55-48(65)51(56(11)12)25-20-26-51)39(67-15)30-40(60)59-28-19-23-38(59)43(68-16)33(5)44(61)52-27-24-36-21-18-22-37(29-36)54-45(62)34(6)53-46(63)35(7)57(13)49(66)69-50(8,9)10/h18,21-22,29,31-35,38-39,41-43H,17,19-20,23-28,30H2,1-16H3,(H,52,61)(H,53,63)(H,54,62)(H,55,65)/t32-,33+,34-,35-,38-,39+,41-,42-,43+/m0/s1. The molecule has 18 heteroatoms. The van der Waals surface area contributed by atoms with Gasteiger partial charge in [-0.25, -0.2) is 4.79 Å². The molecule has 0 spiro atoms. The van der Waals surface area contributed by atoms with Crippen molar-refractivity contribution < 1.29 is 47.8 Å². The van der Waals surface area contributed by atoms with Crippen LogP contribution in [-0.4, -0.2) is 170 Å². The van der Waals surface area contributed by atoms with Crippen molar-refractivity contribution >= 4 is 47.2 Å². The average Bonchev–Trinajstić information content (AvgIpc) is 3.75. The molecule has 0 unspecified atom stereocenters. The van der Waals surface area contributed by atoms with E-state index in [1.54, 1.807) is 90.8 Å². The van der Waals surface area contributed by atoms with Gasteiger partial charge >= 0.3 is 6.09 Å². The highest BCUT2D eigenvalue weighted by molar-refractivity contribution is 5.98. The number of ether oxygens (including phenoxy) is 3. The quantitative estimate of drug-likeness (QED) is 0.113. The fourth-order valence-corrected chi connectivity index (χ4v) is 9.32. The van der Waals surface area contributed by atoms with Gasteiger partial charge < -0.3 is 45.3 Å². The molecule has 0 radical (unpaired) electrons. The van der Waals surface area contributed by atoms with Crippen molar-refractivity contribution in [2.24, 2.45) is 17.8 Å². The van der Waals surface area contributed by atoms with E-state index in [0.29, 0.717) is 31.6 Å². The predicted molar refractivity (Wildman–Crippen MR) is 266 cm³/mol. The largest absolute Gasteiger partial charge is 0.444 e. The second-order valence-electron chi connectivity index (χ2n) is 20.8. The SMILES string of the molecule is CC[C@H](C)[C@@H]([C@@H](CC(=O)N1CCC[C@H]1[C@H](OC)[C@@H](C)C(=O)NCCc1cccc(NC(=O)[C@H](C)NC(=O)[C@H](C)N(C)C(=O)OC(C)(C)C)c1)OC)N(C)C(=O)[C@@H](NC(=O)C1(N(C)C)CCC1)C(C)C. The zero-order chi connectivity index (χ0) is 52.1. The van der Waals surface area contributed by atoms with Gasteiger partial charge in [-0.05, 0) is 117 Å².